The van der Waals surface area contributed by atoms with Crippen LogP contribution in [0.2, 0.25) is 0 Å². The number of aliphatic imine (C=N–C) groups is 1. The van der Waals surface area contributed by atoms with Gasteiger partial charge < -0.3 is 4.90 Å². The summed E-state index contributed by atoms with van der Waals surface area (Å²) >= 11 is 1.79. The number of amidine groups is 1. The molecule has 0 aliphatic carbocycles. The van der Waals surface area contributed by atoms with Crippen LogP contribution in [0, 0.1) is 0 Å². The number of hydrogen-bond donors (Lipinski definition) is 0. The first kappa shape index (κ1) is 9.52. The fraction of sp³-hybridized carbons (Fsp3) is 0.400. The van der Waals surface area contributed by atoms with Crippen LogP contribution >= 0.6 is 11.8 Å². The standard InChI is InChI=1S/C10H13N3S/c1-13-6-5-12-10(13)8-14-9-3-2-4-11-7-9/h2-4,7H,5-6,8H2,1H3. The van der Waals surface area contributed by atoms with Gasteiger partial charge in [-0.05, 0) is 12.1 Å². The van der Waals surface area contributed by atoms with Crippen LogP contribution in [-0.4, -0.2) is 41.6 Å². The minimum absolute atomic E-state index is 0.944. The van der Waals surface area contributed by atoms with Crippen molar-refractivity contribution in [3.63, 3.8) is 0 Å². The molecule has 3 nitrogen and oxygen atoms in total. The van der Waals surface area contributed by atoms with E-state index in [1.54, 1.807) is 18.0 Å². The molecule has 0 saturated carbocycles. The summed E-state index contributed by atoms with van der Waals surface area (Å²) in [6.07, 6.45) is 3.68. The molecule has 1 aliphatic rings. The molecule has 2 heterocycles. The molecule has 2 rings (SSSR count). The predicted octanol–water partition coefficient (Wildman–Crippen LogP) is 1.52. The highest BCUT2D eigenvalue weighted by atomic mass is 32.2. The van der Waals surface area contributed by atoms with E-state index in [4.69, 9.17) is 0 Å². The first-order valence-electron chi connectivity index (χ1n) is 4.63. The van der Waals surface area contributed by atoms with Gasteiger partial charge in [0.1, 0.15) is 5.84 Å². The number of thioether (sulfide) groups is 1. The molecule has 0 radical (unpaired) electrons. The first-order valence-corrected chi connectivity index (χ1v) is 5.62. The SMILES string of the molecule is CN1CCN=C1CSc1cccnc1. The Morgan fingerprint density at radius 2 is 2.50 bits per heavy atom. The minimum Gasteiger partial charge on any atom is -0.361 e. The Hall–Kier alpha value is -1.03. The molecular formula is C10H13N3S. The molecule has 0 atom stereocenters. The maximum atomic E-state index is 4.43. The fourth-order valence-electron chi connectivity index (χ4n) is 1.32. The van der Waals surface area contributed by atoms with Crippen LogP contribution < -0.4 is 0 Å². The van der Waals surface area contributed by atoms with E-state index in [2.05, 4.69) is 28.0 Å². The lowest BCUT2D eigenvalue weighted by Crippen LogP contribution is -2.24. The molecule has 1 aromatic heterocycles. The second kappa shape index (κ2) is 4.46. The van der Waals surface area contributed by atoms with Gasteiger partial charge in [-0.15, -0.1) is 11.8 Å². The molecule has 0 amide bonds. The smallest absolute Gasteiger partial charge is 0.109 e. The number of likely N-dealkylation sites (N-methyl/N-ethyl adjacent to an activating group) is 1. The Balaban J connectivity index is 1.89. The number of hydrogen-bond acceptors (Lipinski definition) is 4. The largest absolute Gasteiger partial charge is 0.361 e. The van der Waals surface area contributed by atoms with Gasteiger partial charge in [0.05, 0.1) is 12.3 Å². The normalized spacial score (nSPS) is 15.8. The monoisotopic (exact) mass is 207 g/mol. The van der Waals surface area contributed by atoms with E-state index >= 15 is 0 Å². The topological polar surface area (TPSA) is 28.5 Å². The fourth-order valence-corrected chi connectivity index (χ4v) is 2.23. The summed E-state index contributed by atoms with van der Waals surface area (Å²) in [7, 11) is 2.09. The van der Waals surface area contributed by atoms with E-state index < -0.39 is 0 Å². The molecule has 0 saturated heterocycles. The lowest BCUT2D eigenvalue weighted by Gasteiger charge is -2.12. The summed E-state index contributed by atoms with van der Waals surface area (Å²) < 4.78 is 0. The highest BCUT2D eigenvalue weighted by molar-refractivity contribution is 8.00. The van der Waals surface area contributed by atoms with Gasteiger partial charge in [0, 0.05) is 30.9 Å². The lowest BCUT2D eigenvalue weighted by molar-refractivity contribution is 0.554. The Morgan fingerprint density at radius 3 is 3.14 bits per heavy atom. The van der Waals surface area contributed by atoms with Crippen LogP contribution in [-0.2, 0) is 0 Å². The molecule has 1 aliphatic heterocycles. The molecule has 0 fully saturated rings. The van der Waals surface area contributed by atoms with Crippen molar-refractivity contribution in [1.29, 1.82) is 0 Å². The van der Waals surface area contributed by atoms with Crippen molar-refractivity contribution in [2.45, 2.75) is 4.90 Å². The van der Waals surface area contributed by atoms with E-state index in [1.165, 1.54) is 10.7 Å². The van der Waals surface area contributed by atoms with Gasteiger partial charge in [-0.3, -0.25) is 9.98 Å². The molecule has 14 heavy (non-hydrogen) atoms. The average molecular weight is 207 g/mol. The van der Waals surface area contributed by atoms with E-state index in [0.717, 1.165) is 18.8 Å². The van der Waals surface area contributed by atoms with Crippen molar-refractivity contribution in [3.8, 4) is 0 Å². The summed E-state index contributed by atoms with van der Waals surface area (Å²) in [6, 6.07) is 4.04. The zero-order valence-corrected chi connectivity index (χ0v) is 9.00. The van der Waals surface area contributed by atoms with Crippen LogP contribution in [0.5, 0.6) is 0 Å². The third-order valence-electron chi connectivity index (χ3n) is 2.17. The Kier molecular flexibility index (Phi) is 3.03. The lowest BCUT2D eigenvalue weighted by atomic mass is 10.5. The summed E-state index contributed by atoms with van der Waals surface area (Å²) in [4.78, 5) is 11.9. The van der Waals surface area contributed by atoms with Crippen molar-refractivity contribution in [2.75, 3.05) is 25.9 Å². The van der Waals surface area contributed by atoms with Gasteiger partial charge in [-0.2, -0.15) is 0 Å². The van der Waals surface area contributed by atoms with E-state index in [9.17, 15) is 0 Å². The zero-order chi connectivity index (χ0) is 9.80. The van der Waals surface area contributed by atoms with Crippen LogP contribution in [0.15, 0.2) is 34.4 Å². The highest BCUT2D eigenvalue weighted by Crippen LogP contribution is 2.17. The molecule has 4 heteroatoms. The van der Waals surface area contributed by atoms with E-state index in [-0.39, 0.29) is 0 Å². The van der Waals surface area contributed by atoms with E-state index in [0.29, 0.717) is 0 Å². The molecular weight excluding hydrogens is 194 g/mol. The van der Waals surface area contributed by atoms with Crippen LogP contribution in [0.25, 0.3) is 0 Å². The molecule has 0 N–H and O–H groups in total. The second-order valence-electron chi connectivity index (χ2n) is 3.20. The Labute approximate surface area is 88.2 Å². The molecule has 0 spiro atoms. The summed E-state index contributed by atoms with van der Waals surface area (Å²) in [5.74, 6) is 2.14. The Bertz CT molecular complexity index is 323. The number of aromatic nitrogens is 1. The van der Waals surface area contributed by atoms with Gasteiger partial charge in [0.25, 0.3) is 0 Å². The third kappa shape index (κ3) is 2.26. The summed E-state index contributed by atoms with van der Waals surface area (Å²) in [5.41, 5.74) is 0. The number of nitrogens with zero attached hydrogens (tertiary/aromatic N) is 3. The number of rotatable bonds is 3. The second-order valence-corrected chi connectivity index (χ2v) is 4.25. The van der Waals surface area contributed by atoms with Crippen molar-refractivity contribution in [3.05, 3.63) is 24.5 Å². The van der Waals surface area contributed by atoms with Gasteiger partial charge >= 0.3 is 0 Å². The van der Waals surface area contributed by atoms with E-state index in [1.807, 2.05) is 12.3 Å². The van der Waals surface area contributed by atoms with Crippen LogP contribution in [0.3, 0.4) is 0 Å². The van der Waals surface area contributed by atoms with Crippen molar-refractivity contribution < 1.29 is 0 Å². The minimum atomic E-state index is 0.944. The van der Waals surface area contributed by atoms with Crippen LogP contribution in [0.1, 0.15) is 0 Å². The van der Waals surface area contributed by atoms with Crippen LogP contribution in [0.4, 0.5) is 0 Å². The molecule has 0 bridgehead atoms. The maximum Gasteiger partial charge on any atom is 0.109 e. The summed E-state index contributed by atoms with van der Waals surface area (Å²) in [6.45, 7) is 2.00. The predicted molar refractivity (Wildman–Crippen MR) is 59.9 cm³/mol. The maximum absolute atomic E-state index is 4.43. The quantitative estimate of drug-likeness (QED) is 0.703. The molecule has 0 unspecified atom stereocenters. The van der Waals surface area contributed by atoms with Gasteiger partial charge in [-0.1, -0.05) is 0 Å². The van der Waals surface area contributed by atoms with Gasteiger partial charge in [-0.25, -0.2) is 0 Å². The van der Waals surface area contributed by atoms with Gasteiger partial charge in [0.2, 0.25) is 0 Å². The molecule has 0 aromatic carbocycles. The van der Waals surface area contributed by atoms with Crippen molar-refractivity contribution in [2.24, 2.45) is 4.99 Å². The summed E-state index contributed by atoms with van der Waals surface area (Å²) in [5, 5.41) is 0. The van der Waals surface area contributed by atoms with Crippen molar-refractivity contribution in [1.82, 2.24) is 9.88 Å². The van der Waals surface area contributed by atoms with Gasteiger partial charge in [0.15, 0.2) is 0 Å². The number of pyridine rings is 1. The third-order valence-corrected chi connectivity index (χ3v) is 3.15. The molecule has 74 valence electrons. The van der Waals surface area contributed by atoms with Crippen molar-refractivity contribution >= 4 is 17.6 Å². The molecule has 1 aromatic rings. The first-order chi connectivity index (χ1) is 6.86. The highest BCUT2D eigenvalue weighted by Gasteiger charge is 2.11. The Morgan fingerprint density at radius 1 is 1.57 bits per heavy atom. The average Bonchev–Trinajstić information content (AvgIpc) is 2.63. The zero-order valence-electron chi connectivity index (χ0n) is 8.18.